The van der Waals surface area contributed by atoms with E-state index in [9.17, 15) is 0 Å². The Bertz CT molecular complexity index is 452. The number of hydrogen-bond donors (Lipinski definition) is 0. The number of rotatable bonds is 1. The molecule has 0 aliphatic rings. The molecule has 0 spiro atoms. The maximum absolute atomic E-state index is 5.93. The average molecular weight is 198 g/mol. The zero-order chi connectivity index (χ0) is 9.42. The zero-order valence-electron chi connectivity index (χ0n) is 7.28. The van der Waals surface area contributed by atoms with Gasteiger partial charge in [-0.25, -0.2) is 4.98 Å². The minimum atomic E-state index is 0.544. The molecule has 0 bridgehead atoms. The minimum Gasteiger partial charge on any atom is -0.480 e. The molecule has 2 rings (SSSR count). The summed E-state index contributed by atoms with van der Waals surface area (Å²) in [7, 11) is 1.56. The van der Waals surface area contributed by atoms with Gasteiger partial charge >= 0.3 is 0 Å². The standard InChI is InChI=1S/C8H8ClN3O/c1-5-7-3-6(9)8(13-2)12(7)11-4-10-5/h3-4H,1-2H3. The second-order valence-corrected chi connectivity index (χ2v) is 3.05. The van der Waals surface area contributed by atoms with E-state index in [-0.39, 0.29) is 0 Å². The third kappa shape index (κ3) is 1.14. The lowest BCUT2D eigenvalue weighted by atomic mass is 10.4. The molecular weight excluding hydrogens is 190 g/mol. The Morgan fingerprint density at radius 1 is 1.54 bits per heavy atom. The maximum Gasteiger partial charge on any atom is 0.234 e. The highest BCUT2D eigenvalue weighted by molar-refractivity contribution is 6.32. The molecule has 68 valence electrons. The topological polar surface area (TPSA) is 39.4 Å². The van der Waals surface area contributed by atoms with Crippen LogP contribution in [0.5, 0.6) is 5.88 Å². The highest BCUT2D eigenvalue weighted by Crippen LogP contribution is 2.28. The molecule has 4 nitrogen and oxygen atoms in total. The number of nitrogens with zero attached hydrogens (tertiary/aromatic N) is 3. The van der Waals surface area contributed by atoms with Gasteiger partial charge in [-0.1, -0.05) is 11.6 Å². The van der Waals surface area contributed by atoms with Crippen LogP contribution in [0.3, 0.4) is 0 Å². The predicted octanol–water partition coefficient (Wildman–Crippen LogP) is 1.70. The fraction of sp³-hybridized carbons (Fsp3) is 0.250. The quantitative estimate of drug-likeness (QED) is 0.699. The van der Waals surface area contributed by atoms with Crippen molar-refractivity contribution in [3.8, 4) is 5.88 Å². The van der Waals surface area contributed by atoms with Gasteiger partial charge in [0.15, 0.2) is 0 Å². The van der Waals surface area contributed by atoms with E-state index in [1.54, 1.807) is 17.7 Å². The highest BCUT2D eigenvalue weighted by Gasteiger charge is 2.10. The molecule has 0 N–H and O–H groups in total. The second-order valence-electron chi connectivity index (χ2n) is 2.64. The summed E-state index contributed by atoms with van der Waals surface area (Å²) in [6.07, 6.45) is 1.47. The Kier molecular flexibility index (Phi) is 1.84. The molecule has 2 aromatic rings. The van der Waals surface area contributed by atoms with Gasteiger partial charge in [-0.15, -0.1) is 0 Å². The van der Waals surface area contributed by atoms with Crippen LogP contribution in [0.25, 0.3) is 5.52 Å². The first kappa shape index (κ1) is 8.31. The van der Waals surface area contributed by atoms with Crippen LogP contribution in [-0.2, 0) is 0 Å². The van der Waals surface area contributed by atoms with Gasteiger partial charge in [0.05, 0.1) is 18.3 Å². The summed E-state index contributed by atoms with van der Waals surface area (Å²) in [5.41, 5.74) is 1.74. The molecule has 5 heteroatoms. The third-order valence-electron chi connectivity index (χ3n) is 1.87. The summed E-state index contributed by atoms with van der Waals surface area (Å²) in [5, 5.41) is 4.58. The van der Waals surface area contributed by atoms with Crippen LogP contribution < -0.4 is 4.74 Å². The van der Waals surface area contributed by atoms with E-state index < -0.39 is 0 Å². The smallest absolute Gasteiger partial charge is 0.234 e. The lowest BCUT2D eigenvalue weighted by molar-refractivity contribution is 0.387. The van der Waals surface area contributed by atoms with Crippen LogP contribution in [0.1, 0.15) is 5.69 Å². The molecule has 0 saturated carbocycles. The summed E-state index contributed by atoms with van der Waals surface area (Å²) in [5.74, 6) is 0.544. The lowest BCUT2D eigenvalue weighted by Gasteiger charge is -2.00. The monoisotopic (exact) mass is 197 g/mol. The normalized spacial score (nSPS) is 10.7. The molecule has 0 atom stereocenters. The Morgan fingerprint density at radius 2 is 2.31 bits per heavy atom. The predicted molar refractivity (Wildman–Crippen MR) is 49.3 cm³/mol. The Balaban J connectivity index is 2.86. The first-order valence-corrected chi connectivity index (χ1v) is 4.14. The van der Waals surface area contributed by atoms with Crippen molar-refractivity contribution in [2.45, 2.75) is 6.92 Å². The Morgan fingerprint density at radius 3 is 3.00 bits per heavy atom. The van der Waals surface area contributed by atoms with E-state index in [4.69, 9.17) is 16.3 Å². The van der Waals surface area contributed by atoms with Gasteiger partial charge in [0, 0.05) is 0 Å². The molecular formula is C8H8ClN3O. The van der Waals surface area contributed by atoms with Crippen LogP contribution in [0.15, 0.2) is 12.4 Å². The molecule has 0 saturated heterocycles. The highest BCUT2D eigenvalue weighted by atomic mass is 35.5. The van der Waals surface area contributed by atoms with Crippen molar-refractivity contribution in [3.05, 3.63) is 23.1 Å². The number of methoxy groups -OCH3 is 1. The van der Waals surface area contributed by atoms with Crippen molar-refractivity contribution in [3.63, 3.8) is 0 Å². The van der Waals surface area contributed by atoms with Crippen molar-refractivity contribution in [1.82, 2.24) is 14.6 Å². The number of aromatic nitrogens is 3. The van der Waals surface area contributed by atoms with E-state index in [2.05, 4.69) is 10.1 Å². The largest absolute Gasteiger partial charge is 0.480 e. The zero-order valence-corrected chi connectivity index (χ0v) is 8.04. The molecule has 0 aliphatic heterocycles. The fourth-order valence-corrected chi connectivity index (χ4v) is 1.50. The second kappa shape index (κ2) is 2.88. The minimum absolute atomic E-state index is 0.544. The first-order chi connectivity index (χ1) is 6.24. The van der Waals surface area contributed by atoms with Crippen LogP contribution in [0, 0.1) is 6.92 Å². The number of fused-ring (bicyclic) bond motifs is 1. The summed E-state index contributed by atoms with van der Waals surface area (Å²) in [6.45, 7) is 1.90. The Hall–Kier alpha value is -1.29. The fourth-order valence-electron chi connectivity index (χ4n) is 1.24. The summed E-state index contributed by atoms with van der Waals surface area (Å²) >= 11 is 5.93. The van der Waals surface area contributed by atoms with Crippen LogP contribution >= 0.6 is 11.6 Å². The molecule has 0 amide bonds. The lowest BCUT2D eigenvalue weighted by Crippen LogP contribution is -1.97. The van der Waals surface area contributed by atoms with Crippen molar-refractivity contribution in [2.75, 3.05) is 7.11 Å². The summed E-state index contributed by atoms with van der Waals surface area (Å²) < 4.78 is 6.72. The van der Waals surface area contributed by atoms with E-state index in [0.717, 1.165) is 11.2 Å². The summed E-state index contributed by atoms with van der Waals surface area (Å²) in [6, 6.07) is 1.79. The van der Waals surface area contributed by atoms with Crippen LogP contribution in [-0.4, -0.2) is 21.7 Å². The van der Waals surface area contributed by atoms with E-state index >= 15 is 0 Å². The van der Waals surface area contributed by atoms with E-state index in [1.165, 1.54) is 6.33 Å². The van der Waals surface area contributed by atoms with E-state index in [0.29, 0.717) is 10.9 Å². The van der Waals surface area contributed by atoms with Crippen molar-refractivity contribution in [1.29, 1.82) is 0 Å². The molecule has 2 heterocycles. The van der Waals surface area contributed by atoms with Crippen LogP contribution in [0.2, 0.25) is 5.02 Å². The maximum atomic E-state index is 5.93. The van der Waals surface area contributed by atoms with Crippen LogP contribution in [0.4, 0.5) is 0 Å². The molecule has 13 heavy (non-hydrogen) atoms. The number of ether oxygens (including phenoxy) is 1. The van der Waals surface area contributed by atoms with Gasteiger partial charge in [0.2, 0.25) is 5.88 Å². The first-order valence-electron chi connectivity index (χ1n) is 3.77. The van der Waals surface area contributed by atoms with E-state index in [1.807, 2.05) is 6.92 Å². The number of hydrogen-bond acceptors (Lipinski definition) is 3. The summed E-state index contributed by atoms with van der Waals surface area (Å²) in [4.78, 5) is 4.05. The van der Waals surface area contributed by atoms with Gasteiger partial charge in [0.1, 0.15) is 11.3 Å². The van der Waals surface area contributed by atoms with Gasteiger partial charge in [-0.3, -0.25) is 0 Å². The molecule has 0 unspecified atom stereocenters. The van der Waals surface area contributed by atoms with Crippen molar-refractivity contribution < 1.29 is 4.74 Å². The van der Waals surface area contributed by atoms with Gasteiger partial charge < -0.3 is 4.74 Å². The van der Waals surface area contributed by atoms with Gasteiger partial charge in [-0.05, 0) is 13.0 Å². The molecule has 2 aromatic heterocycles. The third-order valence-corrected chi connectivity index (χ3v) is 2.14. The Labute approximate surface area is 80.1 Å². The van der Waals surface area contributed by atoms with Crippen molar-refractivity contribution in [2.24, 2.45) is 0 Å². The SMILES string of the molecule is COc1c(Cl)cc2c(C)ncnn12. The molecule has 0 aliphatic carbocycles. The average Bonchev–Trinajstić information content (AvgIpc) is 2.43. The molecule has 0 aromatic carbocycles. The molecule has 0 radical (unpaired) electrons. The molecule has 0 fully saturated rings. The van der Waals surface area contributed by atoms with Gasteiger partial charge in [0.25, 0.3) is 0 Å². The van der Waals surface area contributed by atoms with Gasteiger partial charge in [-0.2, -0.15) is 9.61 Å². The number of halogens is 1. The number of aryl methyl sites for hydroxylation is 1. The van der Waals surface area contributed by atoms with Crippen molar-refractivity contribution >= 4 is 17.1 Å².